The van der Waals surface area contributed by atoms with Crippen molar-refractivity contribution >= 4 is 11.1 Å². The molecular weight excluding hydrogens is 300 g/mol. The van der Waals surface area contributed by atoms with Gasteiger partial charge in [-0.05, 0) is 42.7 Å². The number of oxazole rings is 1. The number of para-hydroxylation sites is 2. The van der Waals surface area contributed by atoms with E-state index in [9.17, 15) is 0 Å². The second-order valence-electron chi connectivity index (χ2n) is 6.48. The van der Waals surface area contributed by atoms with Gasteiger partial charge in [-0.15, -0.1) is 0 Å². The zero-order valence-electron chi connectivity index (χ0n) is 13.7. The summed E-state index contributed by atoms with van der Waals surface area (Å²) in [6.07, 6.45) is 4.77. The number of benzene rings is 2. The van der Waals surface area contributed by atoms with Crippen LogP contribution >= 0.6 is 0 Å². The van der Waals surface area contributed by atoms with Gasteiger partial charge in [0.25, 0.3) is 0 Å². The van der Waals surface area contributed by atoms with Crippen LogP contribution in [0.5, 0.6) is 0 Å². The van der Waals surface area contributed by atoms with E-state index in [1.165, 1.54) is 12.8 Å². The van der Waals surface area contributed by atoms with Crippen LogP contribution in [-0.2, 0) is 11.3 Å². The molecule has 1 aliphatic rings. The standard InChI is InChI=1S/C20H22N2O2/c21-16-5-1-3-7-18(16)23-13-14-9-11-15(12-10-14)20-22-17-6-2-4-8-19(17)24-20/h2,4,6,8-12,16,18H,1,3,5,7,13,21H2. The fourth-order valence-electron chi connectivity index (χ4n) is 3.27. The molecule has 2 atom stereocenters. The molecule has 0 amide bonds. The summed E-state index contributed by atoms with van der Waals surface area (Å²) in [5, 5.41) is 0. The Morgan fingerprint density at radius 1 is 1.04 bits per heavy atom. The lowest BCUT2D eigenvalue weighted by Gasteiger charge is -2.28. The number of nitrogens with zero attached hydrogens (tertiary/aromatic N) is 1. The van der Waals surface area contributed by atoms with Gasteiger partial charge in [-0.3, -0.25) is 0 Å². The Morgan fingerprint density at radius 3 is 2.62 bits per heavy atom. The van der Waals surface area contributed by atoms with Crippen LogP contribution < -0.4 is 5.73 Å². The van der Waals surface area contributed by atoms with Gasteiger partial charge in [0.2, 0.25) is 5.89 Å². The third kappa shape index (κ3) is 3.21. The van der Waals surface area contributed by atoms with E-state index in [2.05, 4.69) is 17.1 Å². The Kier molecular flexibility index (Phi) is 4.32. The van der Waals surface area contributed by atoms with Crippen molar-refractivity contribution in [1.82, 2.24) is 4.98 Å². The molecule has 1 fully saturated rings. The molecule has 0 spiro atoms. The monoisotopic (exact) mass is 322 g/mol. The lowest BCUT2D eigenvalue weighted by Crippen LogP contribution is -2.39. The predicted molar refractivity (Wildman–Crippen MR) is 94.5 cm³/mol. The fourth-order valence-corrected chi connectivity index (χ4v) is 3.27. The number of aromatic nitrogens is 1. The minimum Gasteiger partial charge on any atom is -0.436 e. The van der Waals surface area contributed by atoms with E-state index in [1.54, 1.807) is 0 Å². The Morgan fingerprint density at radius 2 is 1.83 bits per heavy atom. The maximum absolute atomic E-state index is 6.13. The van der Waals surface area contributed by atoms with Crippen LogP contribution in [0.1, 0.15) is 31.2 Å². The van der Waals surface area contributed by atoms with Crippen molar-refractivity contribution in [2.45, 2.75) is 44.4 Å². The van der Waals surface area contributed by atoms with Gasteiger partial charge in [0.05, 0.1) is 12.7 Å². The summed E-state index contributed by atoms with van der Waals surface area (Å²) in [5.74, 6) is 0.651. The predicted octanol–water partition coefficient (Wildman–Crippen LogP) is 4.28. The van der Waals surface area contributed by atoms with Crippen molar-refractivity contribution in [1.29, 1.82) is 0 Å². The molecule has 24 heavy (non-hydrogen) atoms. The third-order valence-electron chi connectivity index (χ3n) is 4.71. The average Bonchev–Trinajstić information content (AvgIpc) is 3.06. The van der Waals surface area contributed by atoms with Crippen molar-refractivity contribution < 1.29 is 9.15 Å². The second kappa shape index (κ2) is 6.75. The molecule has 1 saturated carbocycles. The molecule has 3 aromatic rings. The van der Waals surface area contributed by atoms with Crippen LogP contribution in [0.4, 0.5) is 0 Å². The van der Waals surface area contributed by atoms with Gasteiger partial charge < -0.3 is 14.9 Å². The molecule has 4 rings (SSSR count). The topological polar surface area (TPSA) is 61.3 Å². The van der Waals surface area contributed by atoms with Crippen molar-refractivity contribution in [3.63, 3.8) is 0 Å². The molecule has 2 aromatic carbocycles. The van der Waals surface area contributed by atoms with Crippen molar-refractivity contribution in [3.05, 3.63) is 54.1 Å². The Balaban J connectivity index is 1.44. The number of hydrogen-bond acceptors (Lipinski definition) is 4. The van der Waals surface area contributed by atoms with Gasteiger partial charge in [0.15, 0.2) is 5.58 Å². The highest BCUT2D eigenvalue weighted by molar-refractivity contribution is 5.75. The summed E-state index contributed by atoms with van der Waals surface area (Å²) >= 11 is 0. The zero-order chi connectivity index (χ0) is 16.4. The smallest absolute Gasteiger partial charge is 0.227 e. The minimum absolute atomic E-state index is 0.178. The third-order valence-corrected chi connectivity index (χ3v) is 4.71. The Hall–Kier alpha value is -2.17. The van der Waals surface area contributed by atoms with Gasteiger partial charge >= 0.3 is 0 Å². The van der Waals surface area contributed by atoms with Crippen molar-refractivity contribution in [2.24, 2.45) is 5.73 Å². The van der Waals surface area contributed by atoms with Crippen molar-refractivity contribution in [3.8, 4) is 11.5 Å². The first-order valence-electron chi connectivity index (χ1n) is 8.62. The highest BCUT2D eigenvalue weighted by Gasteiger charge is 2.22. The van der Waals surface area contributed by atoms with Crippen LogP contribution in [-0.4, -0.2) is 17.1 Å². The summed E-state index contributed by atoms with van der Waals surface area (Å²) in [6, 6.07) is 16.2. The van der Waals surface area contributed by atoms with E-state index in [1.807, 2.05) is 36.4 Å². The molecule has 0 bridgehead atoms. The molecule has 0 radical (unpaired) electrons. The van der Waals surface area contributed by atoms with Crippen LogP contribution in [0.3, 0.4) is 0 Å². The van der Waals surface area contributed by atoms with Crippen LogP contribution in [0, 0.1) is 0 Å². The van der Waals surface area contributed by atoms with Gasteiger partial charge in [0.1, 0.15) is 5.52 Å². The lowest BCUT2D eigenvalue weighted by atomic mass is 9.93. The normalized spacial score (nSPS) is 21.2. The molecule has 1 aliphatic carbocycles. The van der Waals surface area contributed by atoms with Gasteiger partial charge in [-0.2, -0.15) is 0 Å². The maximum atomic E-state index is 6.13. The molecule has 0 saturated heterocycles. The molecular formula is C20H22N2O2. The van der Waals surface area contributed by atoms with E-state index >= 15 is 0 Å². The van der Waals surface area contributed by atoms with E-state index in [0.717, 1.165) is 35.1 Å². The SMILES string of the molecule is NC1CCCCC1OCc1ccc(-c2nc3ccccc3o2)cc1. The van der Waals surface area contributed by atoms with Gasteiger partial charge in [0, 0.05) is 11.6 Å². The van der Waals surface area contributed by atoms with E-state index < -0.39 is 0 Å². The molecule has 2 unspecified atom stereocenters. The molecule has 4 nitrogen and oxygen atoms in total. The summed E-state index contributed by atoms with van der Waals surface area (Å²) in [6.45, 7) is 0.603. The van der Waals surface area contributed by atoms with E-state index in [4.69, 9.17) is 14.9 Å². The first-order chi connectivity index (χ1) is 11.8. The summed E-state index contributed by atoms with van der Waals surface area (Å²) in [5.41, 5.74) is 9.95. The molecule has 4 heteroatoms. The van der Waals surface area contributed by atoms with Crippen LogP contribution in [0.2, 0.25) is 0 Å². The largest absolute Gasteiger partial charge is 0.436 e. The van der Waals surface area contributed by atoms with E-state index in [0.29, 0.717) is 12.5 Å². The molecule has 124 valence electrons. The molecule has 0 aliphatic heterocycles. The minimum atomic E-state index is 0.178. The van der Waals surface area contributed by atoms with Crippen molar-refractivity contribution in [2.75, 3.05) is 0 Å². The number of hydrogen-bond donors (Lipinski definition) is 1. The zero-order valence-corrected chi connectivity index (χ0v) is 13.7. The highest BCUT2D eigenvalue weighted by atomic mass is 16.5. The first-order valence-corrected chi connectivity index (χ1v) is 8.62. The Labute approximate surface area is 141 Å². The molecule has 1 aromatic heterocycles. The second-order valence-corrected chi connectivity index (χ2v) is 6.48. The quantitative estimate of drug-likeness (QED) is 0.778. The number of ether oxygens (including phenoxy) is 1. The average molecular weight is 322 g/mol. The summed E-state index contributed by atoms with van der Waals surface area (Å²) in [7, 11) is 0. The maximum Gasteiger partial charge on any atom is 0.227 e. The van der Waals surface area contributed by atoms with E-state index in [-0.39, 0.29) is 12.1 Å². The fraction of sp³-hybridized carbons (Fsp3) is 0.350. The Bertz CT molecular complexity index is 777. The number of rotatable bonds is 4. The van der Waals surface area contributed by atoms with Crippen LogP contribution in [0.15, 0.2) is 52.9 Å². The summed E-state index contributed by atoms with van der Waals surface area (Å²) in [4.78, 5) is 4.53. The first kappa shape index (κ1) is 15.4. The van der Waals surface area contributed by atoms with Crippen LogP contribution in [0.25, 0.3) is 22.6 Å². The number of fused-ring (bicyclic) bond motifs is 1. The number of nitrogens with two attached hydrogens (primary N) is 1. The summed E-state index contributed by atoms with van der Waals surface area (Å²) < 4.78 is 11.8. The van der Waals surface area contributed by atoms with Gasteiger partial charge in [-0.25, -0.2) is 4.98 Å². The lowest BCUT2D eigenvalue weighted by molar-refractivity contribution is 0.00405. The molecule has 1 heterocycles. The molecule has 2 N–H and O–H groups in total. The van der Waals surface area contributed by atoms with Gasteiger partial charge in [-0.1, -0.05) is 37.1 Å². The highest BCUT2D eigenvalue weighted by Crippen LogP contribution is 2.25.